The predicted octanol–water partition coefficient (Wildman–Crippen LogP) is 5.38. The van der Waals surface area contributed by atoms with Gasteiger partial charge in [0.05, 0.1) is 5.56 Å². The van der Waals surface area contributed by atoms with Crippen molar-refractivity contribution >= 4 is 22.9 Å². The Morgan fingerprint density at radius 3 is 2.16 bits per heavy atom. The fourth-order valence-electron chi connectivity index (χ4n) is 5.57. The number of anilines is 1. The fourth-order valence-corrected chi connectivity index (χ4v) is 6.40. The number of phenols is 1. The summed E-state index contributed by atoms with van der Waals surface area (Å²) < 4.78 is 0. The third-order valence-corrected chi connectivity index (χ3v) is 8.40. The average Bonchev–Trinajstić information content (AvgIpc) is 3.31. The molecule has 7 nitrogen and oxygen atoms in total. The summed E-state index contributed by atoms with van der Waals surface area (Å²) in [7, 11) is 0. The van der Waals surface area contributed by atoms with Crippen molar-refractivity contribution in [1.29, 1.82) is 0 Å². The van der Waals surface area contributed by atoms with Gasteiger partial charge in [-0.3, -0.25) is 19.6 Å². The molecule has 4 N–H and O–H groups in total. The van der Waals surface area contributed by atoms with E-state index in [1.807, 2.05) is 71.2 Å². The van der Waals surface area contributed by atoms with Gasteiger partial charge in [-0.1, -0.05) is 59.7 Å². The lowest BCUT2D eigenvalue weighted by Crippen LogP contribution is -2.37. The first-order valence-electron chi connectivity index (χ1n) is 12.6. The Hall–Kier alpha value is -3.39. The minimum atomic E-state index is -0.675. The van der Waals surface area contributed by atoms with Crippen molar-refractivity contribution < 1.29 is 9.90 Å². The second-order valence-electron chi connectivity index (χ2n) is 12.2. The van der Waals surface area contributed by atoms with Crippen molar-refractivity contribution in [3.63, 3.8) is 0 Å². The molecule has 8 heteroatoms. The van der Waals surface area contributed by atoms with Gasteiger partial charge in [0.15, 0.2) is 5.78 Å². The summed E-state index contributed by atoms with van der Waals surface area (Å²) in [5.74, 6) is -0.109. The lowest BCUT2D eigenvalue weighted by Gasteiger charge is -2.36. The number of allylic oxidation sites excluding steroid dienone is 2. The van der Waals surface area contributed by atoms with Crippen LogP contribution in [-0.4, -0.2) is 20.9 Å². The van der Waals surface area contributed by atoms with Crippen molar-refractivity contribution in [3.8, 4) is 5.75 Å². The van der Waals surface area contributed by atoms with Crippen molar-refractivity contribution in [1.82, 2.24) is 9.97 Å². The van der Waals surface area contributed by atoms with E-state index in [0.717, 1.165) is 27.3 Å². The molecule has 0 fully saturated rings. The van der Waals surface area contributed by atoms with Crippen LogP contribution in [0.1, 0.15) is 93.4 Å². The number of thiophene rings is 1. The summed E-state index contributed by atoms with van der Waals surface area (Å²) in [6, 6.07) is 7.85. The number of ketones is 1. The Labute approximate surface area is 219 Å². The van der Waals surface area contributed by atoms with E-state index in [9.17, 15) is 19.5 Å². The molecule has 3 aromatic rings. The third kappa shape index (κ3) is 4.37. The molecule has 2 atom stereocenters. The number of phenolic OH excluding ortho intramolecular Hbond substituents is 1. The first-order valence-corrected chi connectivity index (χ1v) is 13.4. The summed E-state index contributed by atoms with van der Waals surface area (Å²) in [4.78, 5) is 45.5. The molecular formula is C29H33N3O4S. The Balaban J connectivity index is 1.80. The molecule has 0 saturated carbocycles. The van der Waals surface area contributed by atoms with Crippen LogP contribution in [0.15, 0.2) is 50.5 Å². The van der Waals surface area contributed by atoms with Crippen molar-refractivity contribution in [2.75, 3.05) is 5.32 Å². The summed E-state index contributed by atoms with van der Waals surface area (Å²) in [6.45, 7) is 12.2. The Kier molecular flexibility index (Phi) is 5.86. The molecule has 5 rings (SSSR count). The first-order chi connectivity index (χ1) is 17.3. The molecule has 0 unspecified atom stereocenters. The minimum absolute atomic E-state index is 0.0175. The largest absolute Gasteiger partial charge is 0.507 e. The zero-order valence-electron chi connectivity index (χ0n) is 22.0. The van der Waals surface area contributed by atoms with Crippen LogP contribution in [0.5, 0.6) is 5.75 Å². The van der Waals surface area contributed by atoms with E-state index in [-0.39, 0.29) is 28.3 Å². The standard InChI is InChI=1S/C29H33N3O4S/c1-28(2,3)16-10-15(11-17(24(16)34)29(4,5)6)21-22-18(30-25-23(21)26(35)32-27(36)31-25)12-14(13-19(22)33)20-8-7-9-37-20/h7-11,14,21,34H,12-13H2,1-6H3,(H3,30,31,32,35,36)/t14-,21-/m1/s1. The molecular weight excluding hydrogens is 486 g/mol. The maximum atomic E-state index is 13.8. The van der Waals surface area contributed by atoms with Crippen molar-refractivity contribution in [2.45, 2.75) is 77.0 Å². The summed E-state index contributed by atoms with van der Waals surface area (Å²) in [5, 5.41) is 16.5. The van der Waals surface area contributed by atoms with Gasteiger partial charge in [-0.25, -0.2) is 4.79 Å². The van der Waals surface area contributed by atoms with Crippen LogP contribution < -0.4 is 16.6 Å². The molecule has 0 saturated heterocycles. The quantitative estimate of drug-likeness (QED) is 0.363. The van der Waals surface area contributed by atoms with E-state index in [4.69, 9.17) is 0 Å². The van der Waals surface area contributed by atoms with E-state index in [0.29, 0.717) is 29.8 Å². The predicted molar refractivity (Wildman–Crippen MR) is 147 cm³/mol. The number of hydrogen-bond donors (Lipinski definition) is 4. The Bertz CT molecular complexity index is 1510. The average molecular weight is 520 g/mol. The van der Waals surface area contributed by atoms with Crippen molar-refractivity contribution in [3.05, 3.63) is 88.9 Å². The number of nitrogens with one attached hydrogen (secondary N) is 3. The number of Topliss-reactive ketones (excluding diaryl/α,β-unsaturated/α-hetero) is 1. The molecule has 0 spiro atoms. The molecule has 2 aromatic heterocycles. The van der Waals surface area contributed by atoms with Gasteiger partial charge in [-0.15, -0.1) is 11.3 Å². The van der Waals surface area contributed by atoms with Gasteiger partial charge in [0, 0.05) is 34.4 Å². The molecule has 2 aliphatic rings. The van der Waals surface area contributed by atoms with E-state index in [2.05, 4.69) is 15.3 Å². The molecule has 37 heavy (non-hydrogen) atoms. The van der Waals surface area contributed by atoms with Crippen LogP contribution in [0.25, 0.3) is 0 Å². The number of hydrogen-bond acceptors (Lipinski definition) is 6. The second kappa shape index (κ2) is 8.58. The smallest absolute Gasteiger partial charge is 0.327 e. The van der Waals surface area contributed by atoms with Crippen LogP contribution in [0.3, 0.4) is 0 Å². The summed E-state index contributed by atoms with van der Waals surface area (Å²) in [6.07, 6.45) is 0.952. The molecule has 1 aromatic carbocycles. The molecule has 0 bridgehead atoms. The fraction of sp³-hybridized carbons (Fsp3) is 0.414. The molecule has 0 radical (unpaired) electrons. The topological polar surface area (TPSA) is 115 Å². The van der Waals surface area contributed by atoms with E-state index >= 15 is 0 Å². The number of rotatable bonds is 2. The van der Waals surface area contributed by atoms with Gasteiger partial charge in [0.25, 0.3) is 5.56 Å². The van der Waals surface area contributed by atoms with Crippen LogP contribution in [-0.2, 0) is 15.6 Å². The van der Waals surface area contributed by atoms with Gasteiger partial charge < -0.3 is 10.4 Å². The van der Waals surface area contributed by atoms with E-state index in [1.165, 1.54) is 0 Å². The SMILES string of the molecule is CC(C)(C)c1cc([C@@H]2C3=C(C[C@@H](c4cccs4)CC3=O)Nc3[nH]c(=O)[nH]c(=O)c32)cc(C(C)(C)C)c1O. The number of carbonyl (C=O) groups is 1. The zero-order chi connectivity index (χ0) is 26.9. The highest BCUT2D eigenvalue weighted by Gasteiger charge is 2.41. The maximum absolute atomic E-state index is 13.8. The highest BCUT2D eigenvalue weighted by molar-refractivity contribution is 7.10. The van der Waals surface area contributed by atoms with Crippen LogP contribution in [0.2, 0.25) is 0 Å². The molecule has 194 valence electrons. The van der Waals surface area contributed by atoms with Gasteiger partial charge in [0.1, 0.15) is 11.6 Å². The summed E-state index contributed by atoms with van der Waals surface area (Å²) >= 11 is 1.63. The highest BCUT2D eigenvalue weighted by Crippen LogP contribution is 2.49. The maximum Gasteiger partial charge on any atom is 0.327 e. The van der Waals surface area contributed by atoms with Crippen LogP contribution in [0, 0.1) is 0 Å². The monoisotopic (exact) mass is 519 g/mol. The first kappa shape index (κ1) is 25.3. The number of benzene rings is 1. The minimum Gasteiger partial charge on any atom is -0.507 e. The number of carbonyl (C=O) groups excluding carboxylic acids is 1. The number of fused-ring (bicyclic) bond motifs is 1. The van der Waals surface area contributed by atoms with Crippen molar-refractivity contribution in [2.24, 2.45) is 0 Å². The Morgan fingerprint density at radius 2 is 1.59 bits per heavy atom. The molecule has 3 heterocycles. The highest BCUT2D eigenvalue weighted by atomic mass is 32.1. The van der Waals surface area contributed by atoms with Gasteiger partial charge in [0.2, 0.25) is 0 Å². The zero-order valence-corrected chi connectivity index (χ0v) is 22.9. The lowest BCUT2D eigenvalue weighted by atomic mass is 9.71. The van der Waals surface area contributed by atoms with Gasteiger partial charge in [-0.05, 0) is 45.4 Å². The number of H-pyrrole nitrogens is 2. The summed E-state index contributed by atoms with van der Waals surface area (Å²) in [5.41, 5.74) is 1.95. The second-order valence-corrected chi connectivity index (χ2v) is 13.1. The van der Waals surface area contributed by atoms with Crippen LogP contribution >= 0.6 is 11.3 Å². The Morgan fingerprint density at radius 1 is 0.946 bits per heavy atom. The lowest BCUT2D eigenvalue weighted by molar-refractivity contribution is -0.116. The number of aromatic nitrogens is 2. The van der Waals surface area contributed by atoms with E-state index < -0.39 is 17.2 Å². The van der Waals surface area contributed by atoms with Gasteiger partial charge in [-0.2, -0.15) is 0 Å². The molecule has 1 aliphatic heterocycles. The molecule has 0 amide bonds. The van der Waals surface area contributed by atoms with Gasteiger partial charge >= 0.3 is 5.69 Å². The number of aromatic amines is 2. The molecule has 1 aliphatic carbocycles. The normalized spacial score (nSPS) is 19.9. The van der Waals surface area contributed by atoms with E-state index in [1.54, 1.807) is 11.3 Å². The number of aromatic hydroxyl groups is 1. The van der Waals surface area contributed by atoms with Crippen LogP contribution in [0.4, 0.5) is 5.82 Å². The third-order valence-electron chi connectivity index (χ3n) is 7.37.